The maximum Gasteiger partial charge on any atom is 0.209 e. The van der Waals surface area contributed by atoms with E-state index in [-0.39, 0.29) is 0 Å². The molecule has 0 rings (SSSR count). The van der Waals surface area contributed by atoms with Gasteiger partial charge in [0.2, 0.25) is 17.7 Å². The summed E-state index contributed by atoms with van der Waals surface area (Å²) in [5.41, 5.74) is 0. The molecule has 0 unspecified atom stereocenters. The van der Waals surface area contributed by atoms with Gasteiger partial charge in [-0.2, -0.15) is 0 Å². The van der Waals surface area contributed by atoms with E-state index >= 15 is 0 Å². The summed E-state index contributed by atoms with van der Waals surface area (Å²) in [6.07, 6.45) is 2.04. The first kappa shape index (κ1) is 11.9. The highest BCUT2D eigenvalue weighted by molar-refractivity contribution is 9.33. The second-order valence-corrected chi connectivity index (χ2v) is 13.4. The summed E-state index contributed by atoms with van der Waals surface area (Å²) in [6, 6.07) is 0. The van der Waals surface area contributed by atoms with Crippen LogP contribution in [-0.4, -0.2) is 29.3 Å². The maximum atomic E-state index is 10.5. The number of rotatable bonds is 4. The van der Waals surface area contributed by atoms with Crippen LogP contribution in [0, 0.1) is 0 Å². The molecule has 0 aromatic rings. The zero-order chi connectivity index (χ0) is 9.12. The molecule has 0 spiro atoms. The summed E-state index contributed by atoms with van der Waals surface area (Å²) < 4.78 is 41.8. The molecule has 0 saturated heterocycles. The maximum absolute atomic E-state index is 10.5. The molecule has 0 aliphatic heterocycles. The van der Waals surface area contributed by atoms with Crippen molar-refractivity contribution in [1.29, 1.82) is 0 Å². The van der Waals surface area contributed by atoms with Crippen LogP contribution in [0.4, 0.5) is 0 Å². The van der Waals surface area contributed by atoms with Gasteiger partial charge in [0.15, 0.2) is 0 Å². The fourth-order valence-corrected chi connectivity index (χ4v) is 10.9. The second kappa shape index (κ2) is 4.26. The van der Waals surface area contributed by atoms with Crippen LogP contribution in [0.15, 0.2) is 0 Å². The lowest BCUT2D eigenvalue weighted by Crippen LogP contribution is -1.85. The van der Waals surface area contributed by atoms with E-state index in [4.69, 9.17) is 0 Å². The van der Waals surface area contributed by atoms with Crippen molar-refractivity contribution in [3.63, 3.8) is 0 Å². The van der Waals surface area contributed by atoms with Gasteiger partial charge in [0.1, 0.15) is 0 Å². The third-order valence-electron chi connectivity index (χ3n) is 0.303. The molecule has 0 aliphatic carbocycles. The molecule has 0 aromatic carbocycles. The van der Waals surface area contributed by atoms with E-state index in [1.165, 1.54) is 0 Å². The van der Waals surface area contributed by atoms with E-state index < -0.39 is 17.7 Å². The molecule has 4 nitrogen and oxygen atoms in total. The molecule has 0 N–H and O–H groups in total. The molecule has 11 heavy (non-hydrogen) atoms. The largest absolute Gasteiger partial charge is 0.217 e. The van der Waals surface area contributed by atoms with Crippen LogP contribution in [0.3, 0.4) is 0 Å². The minimum Gasteiger partial charge on any atom is -0.217 e. The van der Waals surface area contributed by atoms with Gasteiger partial charge in [-0.3, -0.25) is 0 Å². The SMILES string of the molecule is CS(=O)(=O)SSSS(C)(=O)=O. The Bertz CT molecular complexity index is 265. The molecular weight excluding hydrogens is 248 g/mol. The van der Waals surface area contributed by atoms with Crippen LogP contribution in [0.25, 0.3) is 0 Å². The third-order valence-corrected chi connectivity index (χ3v) is 11.2. The molecule has 0 fully saturated rings. The van der Waals surface area contributed by atoms with Gasteiger partial charge in [0, 0.05) is 42.0 Å². The first-order valence-electron chi connectivity index (χ1n) is 2.15. The van der Waals surface area contributed by atoms with Crippen molar-refractivity contribution in [2.75, 3.05) is 12.5 Å². The van der Waals surface area contributed by atoms with Crippen LogP contribution in [0.1, 0.15) is 0 Å². The van der Waals surface area contributed by atoms with E-state index in [0.29, 0.717) is 19.7 Å². The quantitative estimate of drug-likeness (QED) is 0.691. The Labute approximate surface area is 76.3 Å². The van der Waals surface area contributed by atoms with Crippen molar-refractivity contribution >= 4 is 47.2 Å². The predicted molar refractivity (Wildman–Crippen MR) is 52.5 cm³/mol. The van der Waals surface area contributed by atoms with E-state index in [0.717, 1.165) is 22.3 Å². The second-order valence-electron chi connectivity index (χ2n) is 1.61. The molecule has 0 saturated carbocycles. The average molecular weight is 254 g/mol. The van der Waals surface area contributed by atoms with Gasteiger partial charge in [-0.25, -0.2) is 16.8 Å². The first-order chi connectivity index (χ1) is 4.71. The lowest BCUT2D eigenvalue weighted by atomic mass is 12.0. The van der Waals surface area contributed by atoms with Gasteiger partial charge in [0.05, 0.1) is 0 Å². The lowest BCUT2D eigenvalue weighted by molar-refractivity contribution is 0.614. The van der Waals surface area contributed by atoms with Crippen molar-refractivity contribution in [3.8, 4) is 0 Å². The summed E-state index contributed by atoms with van der Waals surface area (Å²) in [7, 11) is -4.51. The zero-order valence-electron chi connectivity index (χ0n) is 5.67. The Morgan fingerprint density at radius 2 is 1.09 bits per heavy atom. The molecular formula is C2H6O4S5. The first-order valence-corrected chi connectivity index (χ1v) is 10.4. The van der Waals surface area contributed by atoms with Crippen LogP contribution in [-0.2, 0) is 17.7 Å². The number of hydrogen-bond acceptors (Lipinski definition) is 7. The lowest BCUT2D eigenvalue weighted by Gasteiger charge is -1.93. The highest BCUT2D eigenvalue weighted by atomic mass is 33.8. The molecule has 68 valence electrons. The average Bonchev–Trinajstić information content (AvgIpc) is 1.55. The highest BCUT2D eigenvalue weighted by Gasteiger charge is 2.08. The van der Waals surface area contributed by atoms with E-state index in [1.54, 1.807) is 0 Å². The summed E-state index contributed by atoms with van der Waals surface area (Å²) in [5, 5.41) is 0. The van der Waals surface area contributed by atoms with Crippen LogP contribution in [0.5, 0.6) is 0 Å². The van der Waals surface area contributed by atoms with Crippen molar-refractivity contribution < 1.29 is 16.8 Å². The van der Waals surface area contributed by atoms with Gasteiger partial charge < -0.3 is 0 Å². The van der Waals surface area contributed by atoms with Crippen LogP contribution < -0.4 is 0 Å². The van der Waals surface area contributed by atoms with Crippen molar-refractivity contribution in [3.05, 3.63) is 0 Å². The zero-order valence-corrected chi connectivity index (χ0v) is 9.76. The summed E-state index contributed by atoms with van der Waals surface area (Å²) >= 11 is 0. The molecule has 0 aromatic heterocycles. The Morgan fingerprint density at radius 1 is 0.818 bits per heavy atom. The summed E-state index contributed by atoms with van der Waals surface area (Å²) in [6.45, 7) is 0. The van der Waals surface area contributed by atoms with Gasteiger partial charge in [-0.05, 0) is 0 Å². The molecule has 0 amide bonds. The van der Waals surface area contributed by atoms with Crippen molar-refractivity contribution in [2.24, 2.45) is 0 Å². The summed E-state index contributed by atoms with van der Waals surface area (Å²) in [5.74, 6) is 0. The van der Waals surface area contributed by atoms with E-state index in [1.807, 2.05) is 0 Å². The Hall–Kier alpha value is 0.950. The monoisotopic (exact) mass is 254 g/mol. The van der Waals surface area contributed by atoms with Gasteiger partial charge >= 0.3 is 0 Å². The molecule has 0 atom stereocenters. The van der Waals surface area contributed by atoms with Crippen LogP contribution in [0.2, 0.25) is 0 Å². The standard InChI is InChI=1S/C2H6O4S5/c1-10(3,4)8-7-9-11(2,5)6/h1-2H3. The van der Waals surface area contributed by atoms with Crippen molar-refractivity contribution in [2.45, 2.75) is 0 Å². The summed E-state index contributed by atoms with van der Waals surface area (Å²) in [4.78, 5) is 0. The Kier molecular flexibility index (Phi) is 4.63. The topological polar surface area (TPSA) is 68.3 Å². The van der Waals surface area contributed by atoms with Gasteiger partial charge in [-0.15, -0.1) is 0 Å². The third kappa shape index (κ3) is 10.9. The number of hydrogen-bond donors (Lipinski definition) is 0. The van der Waals surface area contributed by atoms with Gasteiger partial charge in [-0.1, -0.05) is 0 Å². The van der Waals surface area contributed by atoms with Gasteiger partial charge in [0.25, 0.3) is 0 Å². The Morgan fingerprint density at radius 3 is 1.27 bits per heavy atom. The minimum absolute atomic E-state index is 0.533. The molecule has 0 heterocycles. The molecule has 9 heteroatoms. The molecule has 0 radical (unpaired) electrons. The van der Waals surface area contributed by atoms with E-state index in [9.17, 15) is 16.8 Å². The highest BCUT2D eigenvalue weighted by Crippen LogP contribution is 2.40. The van der Waals surface area contributed by atoms with Crippen molar-refractivity contribution in [1.82, 2.24) is 0 Å². The normalized spacial score (nSPS) is 13.3. The van der Waals surface area contributed by atoms with E-state index in [2.05, 4.69) is 0 Å². The fourth-order valence-electron chi connectivity index (χ4n) is 0.112. The molecule has 0 aliphatic rings. The fraction of sp³-hybridized carbons (Fsp3) is 1.00. The molecule has 0 bridgehead atoms. The smallest absolute Gasteiger partial charge is 0.209 e. The Balaban J connectivity index is 3.79. The minimum atomic E-state index is -3.15. The predicted octanol–water partition coefficient (Wildman–Crippen LogP) is 0.935. The van der Waals surface area contributed by atoms with Crippen LogP contribution >= 0.6 is 29.5 Å².